The highest BCUT2D eigenvalue weighted by Crippen LogP contribution is 2.32. The number of rotatable bonds is 14. The van der Waals surface area contributed by atoms with Gasteiger partial charge in [-0.15, -0.1) is 0 Å². The van der Waals surface area contributed by atoms with E-state index in [-0.39, 0.29) is 6.61 Å². The normalized spacial score (nSPS) is 10.6. The number of ether oxygens (including phenoxy) is 2. The van der Waals surface area contributed by atoms with Crippen molar-refractivity contribution in [2.24, 2.45) is 0 Å². The van der Waals surface area contributed by atoms with Gasteiger partial charge in [0.2, 0.25) is 0 Å². The number of pyridine rings is 6. The molecule has 68 heavy (non-hydrogen) atoms. The highest BCUT2D eigenvalue weighted by Gasteiger charge is 2.14. The summed E-state index contributed by atoms with van der Waals surface area (Å²) in [6.45, 7) is 0.691. The molecule has 0 radical (unpaired) electrons. The van der Waals surface area contributed by atoms with E-state index >= 15 is 0 Å². The van der Waals surface area contributed by atoms with Crippen LogP contribution < -0.4 is 9.47 Å². The van der Waals surface area contributed by atoms with Crippen LogP contribution in [0.3, 0.4) is 0 Å². The summed E-state index contributed by atoms with van der Waals surface area (Å²) in [4.78, 5) is 28.1. The topological polar surface area (TPSA) is 116 Å². The van der Waals surface area contributed by atoms with E-state index in [2.05, 4.69) is 92.1 Å². The SMILES string of the molecule is COc1cc(C#Cc2ccc(-c3cc(-c4ccccn4)nc(-c4ccccn4)c3)cc2)c(OCCCCCCO)cc1C#Cc1ccc(-c2cc(-c3ccccn3)nc(-c3ccccn3)c2)cc1. The Morgan fingerprint density at radius 1 is 0.397 bits per heavy atom. The molecule has 0 amide bonds. The molecule has 0 aliphatic heterocycles. The Bertz CT molecular complexity index is 3120. The van der Waals surface area contributed by atoms with Gasteiger partial charge in [-0.05, 0) is 139 Å². The van der Waals surface area contributed by atoms with E-state index in [0.717, 1.165) is 105 Å². The molecule has 9 rings (SSSR count). The molecule has 6 aromatic heterocycles. The number of hydrogen-bond acceptors (Lipinski definition) is 9. The summed E-state index contributed by atoms with van der Waals surface area (Å²) in [5.74, 6) is 14.6. The second kappa shape index (κ2) is 21.9. The van der Waals surface area contributed by atoms with Crippen LogP contribution in [-0.4, -0.2) is 55.3 Å². The summed E-state index contributed by atoms with van der Waals surface area (Å²) in [5, 5.41) is 9.26. The Kier molecular flexibility index (Phi) is 14.3. The summed E-state index contributed by atoms with van der Waals surface area (Å²) in [6, 6.07) is 51.6. The Morgan fingerprint density at radius 2 is 0.794 bits per heavy atom. The lowest BCUT2D eigenvalue weighted by molar-refractivity contribution is 0.273. The zero-order valence-corrected chi connectivity index (χ0v) is 37.5. The Balaban J connectivity index is 0.986. The van der Waals surface area contributed by atoms with Crippen LogP contribution in [-0.2, 0) is 0 Å². The minimum absolute atomic E-state index is 0.190. The molecule has 9 nitrogen and oxygen atoms in total. The van der Waals surface area contributed by atoms with Gasteiger partial charge in [0.1, 0.15) is 11.5 Å². The van der Waals surface area contributed by atoms with Crippen LogP contribution in [0.5, 0.6) is 11.5 Å². The fraction of sp³-hybridized carbons (Fsp3) is 0.119. The molecule has 0 saturated heterocycles. The van der Waals surface area contributed by atoms with Crippen molar-refractivity contribution in [3.05, 3.63) is 205 Å². The van der Waals surface area contributed by atoms with Crippen molar-refractivity contribution in [2.75, 3.05) is 20.3 Å². The van der Waals surface area contributed by atoms with Gasteiger partial charge in [-0.1, -0.05) is 78.6 Å². The Morgan fingerprint density at radius 3 is 1.18 bits per heavy atom. The monoisotopic (exact) mass is 886 g/mol. The number of benzene rings is 3. The quantitative estimate of drug-likeness (QED) is 0.0841. The van der Waals surface area contributed by atoms with Crippen LogP contribution in [0.1, 0.15) is 47.9 Å². The van der Waals surface area contributed by atoms with Gasteiger partial charge >= 0.3 is 0 Å². The number of hydrogen-bond donors (Lipinski definition) is 1. The van der Waals surface area contributed by atoms with E-state index in [9.17, 15) is 5.11 Å². The third-order valence-electron chi connectivity index (χ3n) is 11.1. The largest absolute Gasteiger partial charge is 0.495 e. The summed E-state index contributed by atoms with van der Waals surface area (Å²) in [7, 11) is 1.64. The molecular weight excluding hydrogens is 841 g/mol. The van der Waals surface area contributed by atoms with Crippen LogP contribution in [0.25, 0.3) is 67.8 Å². The van der Waals surface area contributed by atoms with E-state index in [4.69, 9.17) is 19.4 Å². The third-order valence-corrected chi connectivity index (χ3v) is 11.1. The second-order valence-corrected chi connectivity index (χ2v) is 15.8. The summed E-state index contributed by atoms with van der Waals surface area (Å²) < 4.78 is 12.3. The van der Waals surface area contributed by atoms with Gasteiger partial charge in [-0.25, -0.2) is 9.97 Å². The maximum atomic E-state index is 9.26. The lowest BCUT2D eigenvalue weighted by Crippen LogP contribution is -2.01. The van der Waals surface area contributed by atoms with Crippen molar-refractivity contribution in [3.8, 4) is 103 Å². The third kappa shape index (κ3) is 11.2. The van der Waals surface area contributed by atoms with Gasteiger partial charge in [0, 0.05) is 54.7 Å². The van der Waals surface area contributed by atoms with Crippen molar-refractivity contribution >= 4 is 0 Å². The zero-order chi connectivity index (χ0) is 46.3. The molecule has 1 N–H and O–H groups in total. The average molecular weight is 887 g/mol. The van der Waals surface area contributed by atoms with Gasteiger partial charge in [0.25, 0.3) is 0 Å². The predicted molar refractivity (Wildman–Crippen MR) is 268 cm³/mol. The first-order valence-corrected chi connectivity index (χ1v) is 22.5. The number of unbranched alkanes of at least 4 members (excludes halogenated alkanes) is 3. The second-order valence-electron chi connectivity index (χ2n) is 15.8. The number of aromatic nitrogens is 6. The molecule has 3 aromatic carbocycles. The van der Waals surface area contributed by atoms with Gasteiger partial charge in [0.15, 0.2) is 0 Å². The standard InChI is InChI=1S/C59H46N6O3/c1-67-58-40-47(29-23-43-20-26-45(27-21-43)49-38-56(52-16-6-10-32-62-52)65-57(39-49)53-17-7-11-33-63-53)59(68-35-13-3-2-12-34-66)41-46(58)28-22-42-18-24-44(25-19-42)48-36-54(50-14-4-8-30-60-50)64-55(37-48)51-15-5-9-31-61-51/h4-11,14-21,24-27,30-33,36-41,66H,2-3,12-13,34-35H2,1H3. The number of nitrogens with zero attached hydrogens (tertiary/aromatic N) is 6. The summed E-state index contributed by atoms with van der Waals surface area (Å²) in [5.41, 5.74) is 13.3. The molecule has 0 bridgehead atoms. The van der Waals surface area contributed by atoms with E-state index in [0.29, 0.717) is 29.2 Å². The Labute approximate surface area is 396 Å². The molecule has 9 heteroatoms. The van der Waals surface area contributed by atoms with Crippen LogP contribution in [0.15, 0.2) is 183 Å². The maximum Gasteiger partial charge on any atom is 0.136 e. The average Bonchev–Trinajstić information content (AvgIpc) is 3.41. The highest BCUT2D eigenvalue weighted by molar-refractivity contribution is 5.77. The first kappa shape index (κ1) is 44.4. The molecule has 0 fully saturated rings. The van der Waals surface area contributed by atoms with Crippen molar-refractivity contribution in [2.45, 2.75) is 25.7 Å². The van der Waals surface area contributed by atoms with E-state index in [1.165, 1.54) is 0 Å². The minimum atomic E-state index is 0.190. The molecule has 6 heterocycles. The maximum absolute atomic E-state index is 9.26. The Hall–Kier alpha value is -8.76. The van der Waals surface area contributed by atoms with E-state index in [1.54, 1.807) is 31.9 Å². The molecule has 0 atom stereocenters. The summed E-state index contributed by atoms with van der Waals surface area (Å²) >= 11 is 0. The number of methoxy groups -OCH3 is 1. The first-order chi connectivity index (χ1) is 33.6. The summed E-state index contributed by atoms with van der Waals surface area (Å²) in [6.07, 6.45) is 10.6. The van der Waals surface area contributed by atoms with Crippen molar-refractivity contribution in [1.82, 2.24) is 29.9 Å². The first-order valence-electron chi connectivity index (χ1n) is 22.5. The number of aliphatic hydroxyl groups is 1. The fourth-order valence-electron chi connectivity index (χ4n) is 7.54. The van der Waals surface area contributed by atoms with Crippen LogP contribution in [0, 0.1) is 23.7 Å². The van der Waals surface area contributed by atoms with Crippen molar-refractivity contribution < 1.29 is 14.6 Å². The molecule has 0 unspecified atom stereocenters. The van der Waals surface area contributed by atoms with Crippen LogP contribution in [0.4, 0.5) is 0 Å². The van der Waals surface area contributed by atoms with Gasteiger partial charge in [-0.2, -0.15) is 0 Å². The molecule has 0 spiro atoms. The highest BCUT2D eigenvalue weighted by atomic mass is 16.5. The molecule has 330 valence electrons. The van der Waals surface area contributed by atoms with Crippen LogP contribution in [0.2, 0.25) is 0 Å². The zero-order valence-electron chi connectivity index (χ0n) is 37.5. The molecular formula is C59H46N6O3. The smallest absolute Gasteiger partial charge is 0.136 e. The van der Waals surface area contributed by atoms with Gasteiger partial charge in [0.05, 0.1) is 70.4 Å². The van der Waals surface area contributed by atoms with Crippen LogP contribution >= 0.6 is 0 Å². The van der Waals surface area contributed by atoms with Crippen molar-refractivity contribution in [3.63, 3.8) is 0 Å². The molecule has 0 saturated carbocycles. The molecule has 0 aliphatic rings. The minimum Gasteiger partial charge on any atom is -0.495 e. The van der Waals surface area contributed by atoms with Gasteiger partial charge < -0.3 is 14.6 Å². The predicted octanol–water partition coefficient (Wildman–Crippen LogP) is 11.8. The van der Waals surface area contributed by atoms with E-state index < -0.39 is 0 Å². The van der Waals surface area contributed by atoms with E-state index in [1.807, 2.05) is 109 Å². The molecule has 0 aliphatic carbocycles. The number of aliphatic hydroxyl groups excluding tert-OH is 1. The lowest BCUT2D eigenvalue weighted by Gasteiger charge is -2.12. The van der Waals surface area contributed by atoms with Crippen molar-refractivity contribution in [1.29, 1.82) is 0 Å². The van der Waals surface area contributed by atoms with Gasteiger partial charge in [-0.3, -0.25) is 19.9 Å². The lowest BCUT2D eigenvalue weighted by atomic mass is 10.0. The fourth-order valence-corrected chi connectivity index (χ4v) is 7.54. The molecule has 9 aromatic rings.